The molecule has 2 rings (SSSR count). The Kier molecular flexibility index (Phi) is 1.82. The standard InChI is InChI=1S/C6H6N6O2/c7-1-5-9-10-6-8-2-4(12(13)14)3-11(5)6/h2-3H,1,7H2. The smallest absolute Gasteiger partial charge is 0.304 e. The van der Waals surface area contributed by atoms with Crippen LogP contribution in [-0.4, -0.2) is 24.5 Å². The van der Waals surface area contributed by atoms with Gasteiger partial charge in [0.25, 0.3) is 5.78 Å². The molecule has 2 heterocycles. The number of rotatable bonds is 2. The minimum atomic E-state index is -0.535. The predicted octanol–water partition coefficient (Wildman–Crippen LogP) is -0.509. The second kappa shape index (κ2) is 3.00. The van der Waals surface area contributed by atoms with Gasteiger partial charge in [-0.15, -0.1) is 10.2 Å². The molecule has 2 N–H and O–H groups in total. The summed E-state index contributed by atoms with van der Waals surface area (Å²) < 4.78 is 1.40. The Balaban J connectivity index is 2.67. The SMILES string of the molecule is NCc1nnc2ncc([N+](=O)[O-])cn12. The van der Waals surface area contributed by atoms with Crippen molar-refractivity contribution in [1.82, 2.24) is 19.6 Å². The summed E-state index contributed by atoms with van der Waals surface area (Å²) in [6.45, 7) is 0.157. The number of fused-ring (bicyclic) bond motifs is 1. The molecule has 0 aliphatic carbocycles. The number of aromatic nitrogens is 4. The van der Waals surface area contributed by atoms with Crippen LogP contribution in [0.4, 0.5) is 5.69 Å². The summed E-state index contributed by atoms with van der Waals surface area (Å²) in [5.41, 5.74) is 5.25. The fourth-order valence-corrected chi connectivity index (χ4v) is 1.06. The molecular formula is C6H6N6O2. The van der Waals surface area contributed by atoms with Gasteiger partial charge in [-0.2, -0.15) is 0 Å². The van der Waals surface area contributed by atoms with E-state index < -0.39 is 4.92 Å². The highest BCUT2D eigenvalue weighted by atomic mass is 16.6. The lowest BCUT2D eigenvalue weighted by Crippen LogP contribution is -2.03. The van der Waals surface area contributed by atoms with Crippen molar-refractivity contribution >= 4 is 11.5 Å². The van der Waals surface area contributed by atoms with Crippen LogP contribution in [0.15, 0.2) is 12.4 Å². The molecule has 72 valence electrons. The van der Waals surface area contributed by atoms with Crippen LogP contribution >= 0.6 is 0 Å². The van der Waals surface area contributed by atoms with Gasteiger partial charge in [-0.3, -0.25) is 14.5 Å². The Morgan fingerprint density at radius 1 is 1.57 bits per heavy atom. The first-order valence-corrected chi connectivity index (χ1v) is 3.76. The van der Waals surface area contributed by atoms with Gasteiger partial charge < -0.3 is 5.73 Å². The summed E-state index contributed by atoms with van der Waals surface area (Å²) in [6, 6.07) is 0. The maximum Gasteiger partial charge on any atom is 0.304 e. The summed E-state index contributed by atoms with van der Waals surface area (Å²) in [7, 11) is 0. The van der Waals surface area contributed by atoms with Gasteiger partial charge in [-0.25, -0.2) is 4.98 Å². The zero-order valence-electron chi connectivity index (χ0n) is 6.99. The molecule has 0 saturated carbocycles. The van der Waals surface area contributed by atoms with Crippen LogP contribution in [0, 0.1) is 10.1 Å². The molecule has 8 nitrogen and oxygen atoms in total. The van der Waals surface area contributed by atoms with Crippen molar-refractivity contribution in [2.24, 2.45) is 5.73 Å². The second-order valence-corrected chi connectivity index (χ2v) is 2.56. The maximum absolute atomic E-state index is 10.4. The second-order valence-electron chi connectivity index (χ2n) is 2.56. The summed E-state index contributed by atoms with van der Waals surface area (Å²) in [6.07, 6.45) is 2.43. The van der Waals surface area contributed by atoms with Crippen molar-refractivity contribution in [3.63, 3.8) is 0 Å². The van der Waals surface area contributed by atoms with Crippen LogP contribution in [-0.2, 0) is 6.54 Å². The maximum atomic E-state index is 10.4. The largest absolute Gasteiger partial charge is 0.324 e. The van der Waals surface area contributed by atoms with Gasteiger partial charge in [-0.1, -0.05) is 0 Å². The van der Waals surface area contributed by atoms with Gasteiger partial charge in [0.05, 0.1) is 17.7 Å². The minimum absolute atomic E-state index is 0.119. The fourth-order valence-electron chi connectivity index (χ4n) is 1.06. The molecular weight excluding hydrogens is 188 g/mol. The zero-order valence-corrected chi connectivity index (χ0v) is 6.99. The van der Waals surface area contributed by atoms with E-state index in [0.717, 1.165) is 6.20 Å². The molecule has 0 aliphatic rings. The van der Waals surface area contributed by atoms with Crippen LogP contribution in [0.25, 0.3) is 5.78 Å². The lowest BCUT2D eigenvalue weighted by Gasteiger charge is -1.94. The molecule has 0 aliphatic heterocycles. The van der Waals surface area contributed by atoms with E-state index >= 15 is 0 Å². The molecule has 0 radical (unpaired) electrons. The number of hydrogen-bond acceptors (Lipinski definition) is 6. The monoisotopic (exact) mass is 194 g/mol. The number of nitrogens with two attached hydrogens (primary N) is 1. The average Bonchev–Trinajstić information content (AvgIpc) is 2.59. The van der Waals surface area contributed by atoms with E-state index in [-0.39, 0.29) is 12.2 Å². The summed E-state index contributed by atoms with van der Waals surface area (Å²) in [5.74, 6) is 0.743. The van der Waals surface area contributed by atoms with Crippen LogP contribution in [0.2, 0.25) is 0 Å². The van der Waals surface area contributed by atoms with Crippen molar-refractivity contribution < 1.29 is 4.92 Å². The topological polar surface area (TPSA) is 112 Å². The molecule has 0 unspecified atom stereocenters. The van der Waals surface area contributed by atoms with E-state index in [9.17, 15) is 10.1 Å². The van der Waals surface area contributed by atoms with Gasteiger partial charge in [-0.05, 0) is 0 Å². The summed E-state index contributed by atoms with van der Waals surface area (Å²) in [4.78, 5) is 13.7. The molecule has 0 atom stereocenters. The van der Waals surface area contributed by atoms with Gasteiger partial charge >= 0.3 is 5.69 Å². The third-order valence-electron chi connectivity index (χ3n) is 1.72. The molecule has 0 aromatic carbocycles. The van der Waals surface area contributed by atoms with E-state index in [1.165, 1.54) is 10.6 Å². The fraction of sp³-hybridized carbons (Fsp3) is 0.167. The average molecular weight is 194 g/mol. The molecule has 0 saturated heterocycles. The van der Waals surface area contributed by atoms with Crippen LogP contribution in [0.3, 0.4) is 0 Å². The quantitative estimate of drug-likeness (QED) is 0.509. The van der Waals surface area contributed by atoms with Crippen LogP contribution in [0.1, 0.15) is 5.82 Å². The van der Waals surface area contributed by atoms with E-state index in [1.54, 1.807) is 0 Å². The third-order valence-corrected chi connectivity index (χ3v) is 1.72. The van der Waals surface area contributed by atoms with E-state index in [0.29, 0.717) is 11.6 Å². The molecule has 0 amide bonds. The Hall–Kier alpha value is -2.09. The molecule has 0 spiro atoms. The van der Waals surface area contributed by atoms with Crippen molar-refractivity contribution in [3.05, 3.63) is 28.3 Å². The Bertz CT molecular complexity index is 492. The van der Waals surface area contributed by atoms with Crippen LogP contribution < -0.4 is 5.73 Å². The highest BCUT2D eigenvalue weighted by Crippen LogP contribution is 2.10. The molecule has 0 bridgehead atoms. The Labute approximate surface area is 77.5 Å². The number of nitro groups is 1. The van der Waals surface area contributed by atoms with Gasteiger partial charge in [0, 0.05) is 0 Å². The van der Waals surface area contributed by atoms with Crippen molar-refractivity contribution in [1.29, 1.82) is 0 Å². The summed E-state index contributed by atoms with van der Waals surface area (Å²) >= 11 is 0. The van der Waals surface area contributed by atoms with Crippen LogP contribution in [0.5, 0.6) is 0 Å². The van der Waals surface area contributed by atoms with E-state index in [2.05, 4.69) is 15.2 Å². The highest BCUT2D eigenvalue weighted by Gasteiger charge is 2.10. The normalized spacial score (nSPS) is 10.6. The molecule has 2 aromatic heterocycles. The molecule has 2 aromatic rings. The third kappa shape index (κ3) is 1.17. The number of hydrogen-bond donors (Lipinski definition) is 1. The molecule has 0 fully saturated rings. The van der Waals surface area contributed by atoms with Gasteiger partial charge in [0.2, 0.25) is 0 Å². The van der Waals surface area contributed by atoms with E-state index in [4.69, 9.17) is 5.73 Å². The first kappa shape index (κ1) is 8.51. The molecule has 14 heavy (non-hydrogen) atoms. The summed E-state index contributed by atoms with van der Waals surface area (Å²) in [5, 5.41) is 17.9. The predicted molar refractivity (Wildman–Crippen MR) is 45.3 cm³/mol. The van der Waals surface area contributed by atoms with Gasteiger partial charge in [0.15, 0.2) is 5.82 Å². The molecule has 8 heteroatoms. The lowest BCUT2D eigenvalue weighted by molar-refractivity contribution is -0.385. The van der Waals surface area contributed by atoms with E-state index in [1.807, 2.05) is 0 Å². The van der Waals surface area contributed by atoms with Crippen molar-refractivity contribution in [3.8, 4) is 0 Å². The first-order chi connectivity index (χ1) is 6.72. The highest BCUT2D eigenvalue weighted by molar-refractivity contribution is 5.34. The van der Waals surface area contributed by atoms with Crippen molar-refractivity contribution in [2.75, 3.05) is 0 Å². The van der Waals surface area contributed by atoms with Gasteiger partial charge in [0.1, 0.15) is 6.20 Å². The zero-order chi connectivity index (χ0) is 10.1. The lowest BCUT2D eigenvalue weighted by atomic mass is 10.5. The number of nitrogens with zero attached hydrogens (tertiary/aromatic N) is 5. The Morgan fingerprint density at radius 3 is 3.00 bits per heavy atom. The Morgan fingerprint density at radius 2 is 2.36 bits per heavy atom. The first-order valence-electron chi connectivity index (χ1n) is 3.76. The minimum Gasteiger partial charge on any atom is -0.324 e. The van der Waals surface area contributed by atoms with Crippen molar-refractivity contribution in [2.45, 2.75) is 6.54 Å².